The van der Waals surface area contributed by atoms with Crippen molar-refractivity contribution in [1.82, 2.24) is 9.97 Å². The minimum absolute atomic E-state index is 0.0350. The first-order valence-corrected chi connectivity index (χ1v) is 6.98. The van der Waals surface area contributed by atoms with Crippen LogP contribution >= 0.6 is 0 Å². The second-order valence-electron chi connectivity index (χ2n) is 5.41. The first-order valence-electron chi connectivity index (χ1n) is 6.98. The van der Waals surface area contributed by atoms with Gasteiger partial charge in [-0.1, -0.05) is 0 Å². The molecule has 1 aromatic heterocycles. The van der Waals surface area contributed by atoms with Crippen LogP contribution in [0.25, 0.3) is 0 Å². The highest BCUT2D eigenvalue weighted by atomic mass is 16.6. The Morgan fingerprint density at radius 3 is 2.95 bits per heavy atom. The predicted molar refractivity (Wildman–Crippen MR) is 72.6 cm³/mol. The van der Waals surface area contributed by atoms with Crippen molar-refractivity contribution in [2.75, 3.05) is 25.1 Å². The molecule has 0 radical (unpaired) electrons. The molecule has 1 aromatic rings. The quantitative estimate of drug-likeness (QED) is 0.771. The monoisotopic (exact) mass is 277 g/mol. The van der Waals surface area contributed by atoms with E-state index in [1.807, 2.05) is 13.0 Å². The van der Waals surface area contributed by atoms with Crippen LogP contribution in [0.3, 0.4) is 0 Å². The standard InChI is InChI=1S/C14H19N3O3/c1-9-7-17(8-11(20-9)14(18)19-2)12-5-6-15-13(16-12)10-3-4-10/h5-6,9-11H,3-4,7-8H2,1-2H3/t9-,11?/m1/s1. The van der Waals surface area contributed by atoms with E-state index in [-0.39, 0.29) is 12.1 Å². The zero-order valence-electron chi connectivity index (χ0n) is 11.8. The zero-order chi connectivity index (χ0) is 14.1. The van der Waals surface area contributed by atoms with Crippen molar-refractivity contribution >= 4 is 11.8 Å². The molecular formula is C14H19N3O3. The normalized spacial score (nSPS) is 26.4. The molecule has 0 bridgehead atoms. The maximum Gasteiger partial charge on any atom is 0.336 e. The lowest BCUT2D eigenvalue weighted by molar-refractivity contribution is -0.158. The van der Waals surface area contributed by atoms with Crippen LogP contribution in [0.2, 0.25) is 0 Å². The van der Waals surface area contributed by atoms with E-state index in [0.717, 1.165) is 11.6 Å². The number of morpholine rings is 1. The van der Waals surface area contributed by atoms with Crippen molar-refractivity contribution in [3.05, 3.63) is 18.1 Å². The Kier molecular flexibility index (Phi) is 3.56. The molecule has 108 valence electrons. The SMILES string of the molecule is COC(=O)C1CN(c2ccnc(C3CC3)n2)C[C@@H](C)O1. The molecule has 20 heavy (non-hydrogen) atoms. The summed E-state index contributed by atoms with van der Waals surface area (Å²) in [6, 6.07) is 1.89. The molecule has 0 aromatic carbocycles. The first-order chi connectivity index (χ1) is 9.67. The Morgan fingerprint density at radius 1 is 1.45 bits per heavy atom. The molecular weight excluding hydrogens is 258 g/mol. The summed E-state index contributed by atoms with van der Waals surface area (Å²) in [7, 11) is 1.38. The molecule has 6 nitrogen and oxygen atoms in total. The fraction of sp³-hybridized carbons (Fsp3) is 0.643. The Bertz CT molecular complexity index is 504. The molecule has 1 aliphatic carbocycles. The third-order valence-corrected chi connectivity index (χ3v) is 3.65. The van der Waals surface area contributed by atoms with Gasteiger partial charge < -0.3 is 14.4 Å². The van der Waals surface area contributed by atoms with Crippen LogP contribution in [-0.2, 0) is 14.3 Å². The highest BCUT2D eigenvalue weighted by Gasteiger charge is 2.33. The average Bonchev–Trinajstić information content (AvgIpc) is 3.30. The van der Waals surface area contributed by atoms with E-state index >= 15 is 0 Å². The van der Waals surface area contributed by atoms with Gasteiger partial charge in [0.05, 0.1) is 19.8 Å². The van der Waals surface area contributed by atoms with Crippen molar-refractivity contribution in [2.45, 2.75) is 37.9 Å². The van der Waals surface area contributed by atoms with Gasteiger partial charge in [-0.25, -0.2) is 14.8 Å². The van der Waals surface area contributed by atoms with Crippen molar-refractivity contribution in [2.24, 2.45) is 0 Å². The molecule has 3 rings (SSSR count). The Labute approximate surface area is 118 Å². The topological polar surface area (TPSA) is 64.5 Å². The van der Waals surface area contributed by atoms with Gasteiger partial charge in [0, 0.05) is 18.7 Å². The van der Waals surface area contributed by atoms with Gasteiger partial charge in [-0.3, -0.25) is 0 Å². The maximum absolute atomic E-state index is 11.7. The van der Waals surface area contributed by atoms with E-state index in [9.17, 15) is 4.79 Å². The highest BCUT2D eigenvalue weighted by molar-refractivity contribution is 5.75. The fourth-order valence-electron chi connectivity index (χ4n) is 2.48. The average molecular weight is 277 g/mol. The molecule has 0 N–H and O–H groups in total. The molecule has 1 saturated heterocycles. The van der Waals surface area contributed by atoms with Gasteiger partial charge in [-0.05, 0) is 25.8 Å². The number of esters is 1. The van der Waals surface area contributed by atoms with Crippen LogP contribution in [0.15, 0.2) is 12.3 Å². The number of anilines is 1. The predicted octanol–water partition coefficient (Wildman–Crippen LogP) is 1.12. The molecule has 2 fully saturated rings. The number of carbonyl (C=O) groups is 1. The minimum Gasteiger partial charge on any atom is -0.467 e. The van der Waals surface area contributed by atoms with Gasteiger partial charge in [0.15, 0.2) is 6.10 Å². The lowest BCUT2D eigenvalue weighted by Gasteiger charge is -2.36. The van der Waals surface area contributed by atoms with E-state index in [1.165, 1.54) is 20.0 Å². The molecule has 0 amide bonds. The lowest BCUT2D eigenvalue weighted by atomic mass is 10.2. The number of methoxy groups -OCH3 is 1. The fourth-order valence-corrected chi connectivity index (χ4v) is 2.48. The molecule has 2 heterocycles. The number of aromatic nitrogens is 2. The summed E-state index contributed by atoms with van der Waals surface area (Å²) in [6.45, 7) is 3.14. The second-order valence-corrected chi connectivity index (χ2v) is 5.41. The number of hydrogen-bond donors (Lipinski definition) is 0. The maximum atomic E-state index is 11.7. The molecule has 6 heteroatoms. The van der Waals surface area contributed by atoms with Crippen LogP contribution < -0.4 is 4.90 Å². The summed E-state index contributed by atoms with van der Waals surface area (Å²) in [6.07, 6.45) is 3.56. The van der Waals surface area contributed by atoms with Crippen molar-refractivity contribution in [1.29, 1.82) is 0 Å². The number of nitrogens with zero attached hydrogens (tertiary/aromatic N) is 3. The van der Waals surface area contributed by atoms with Gasteiger partial charge >= 0.3 is 5.97 Å². The van der Waals surface area contributed by atoms with Crippen molar-refractivity contribution in [3.8, 4) is 0 Å². The van der Waals surface area contributed by atoms with Crippen LogP contribution in [0, 0.1) is 0 Å². The Hall–Kier alpha value is -1.69. The number of ether oxygens (including phenoxy) is 2. The summed E-state index contributed by atoms with van der Waals surface area (Å²) in [4.78, 5) is 22.7. The van der Waals surface area contributed by atoms with Gasteiger partial charge in [0.1, 0.15) is 11.6 Å². The van der Waals surface area contributed by atoms with Gasteiger partial charge in [-0.2, -0.15) is 0 Å². The number of carbonyl (C=O) groups excluding carboxylic acids is 1. The molecule has 2 aliphatic rings. The van der Waals surface area contributed by atoms with Crippen LogP contribution in [0.4, 0.5) is 5.82 Å². The zero-order valence-corrected chi connectivity index (χ0v) is 11.8. The summed E-state index contributed by atoms with van der Waals surface area (Å²) in [5.41, 5.74) is 0. The molecule has 1 unspecified atom stereocenters. The molecule has 2 atom stereocenters. The van der Waals surface area contributed by atoms with Gasteiger partial charge in [0.25, 0.3) is 0 Å². The van der Waals surface area contributed by atoms with E-state index < -0.39 is 6.10 Å². The van der Waals surface area contributed by atoms with Gasteiger partial charge in [0.2, 0.25) is 0 Å². The summed E-state index contributed by atoms with van der Waals surface area (Å²) in [5, 5.41) is 0. The molecule has 1 aliphatic heterocycles. The van der Waals surface area contributed by atoms with E-state index in [0.29, 0.717) is 19.0 Å². The summed E-state index contributed by atoms with van der Waals surface area (Å²) >= 11 is 0. The van der Waals surface area contributed by atoms with Crippen LogP contribution in [0.1, 0.15) is 31.5 Å². The second kappa shape index (κ2) is 5.36. The lowest BCUT2D eigenvalue weighted by Crippen LogP contribution is -2.50. The van der Waals surface area contributed by atoms with E-state index in [4.69, 9.17) is 9.47 Å². The first kappa shape index (κ1) is 13.3. The van der Waals surface area contributed by atoms with Gasteiger partial charge in [-0.15, -0.1) is 0 Å². The van der Waals surface area contributed by atoms with Crippen molar-refractivity contribution in [3.63, 3.8) is 0 Å². The van der Waals surface area contributed by atoms with Crippen LogP contribution in [-0.4, -0.2) is 48.3 Å². The van der Waals surface area contributed by atoms with Crippen molar-refractivity contribution < 1.29 is 14.3 Å². The minimum atomic E-state index is -0.553. The largest absolute Gasteiger partial charge is 0.467 e. The Balaban J connectivity index is 1.77. The third-order valence-electron chi connectivity index (χ3n) is 3.65. The number of hydrogen-bond acceptors (Lipinski definition) is 6. The number of rotatable bonds is 3. The molecule has 0 spiro atoms. The van der Waals surface area contributed by atoms with E-state index in [2.05, 4.69) is 14.9 Å². The summed E-state index contributed by atoms with van der Waals surface area (Å²) < 4.78 is 10.4. The third kappa shape index (κ3) is 2.75. The smallest absolute Gasteiger partial charge is 0.336 e. The highest BCUT2D eigenvalue weighted by Crippen LogP contribution is 2.38. The Morgan fingerprint density at radius 2 is 2.25 bits per heavy atom. The summed E-state index contributed by atoms with van der Waals surface area (Å²) in [5.74, 6) is 1.96. The van der Waals surface area contributed by atoms with E-state index in [1.54, 1.807) is 6.20 Å². The van der Waals surface area contributed by atoms with Crippen LogP contribution in [0.5, 0.6) is 0 Å². The molecule has 1 saturated carbocycles.